The van der Waals surface area contributed by atoms with Gasteiger partial charge in [-0.1, -0.05) is 25.0 Å². The summed E-state index contributed by atoms with van der Waals surface area (Å²) < 4.78 is 15.9. The first-order chi connectivity index (χ1) is 14.1. The molecule has 2 aromatic carbocycles. The topological polar surface area (TPSA) is 60.0 Å². The van der Waals surface area contributed by atoms with Crippen molar-refractivity contribution in [3.05, 3.63) is 48.0 Å². The van der Waals surface area contributed by atoms with Gasteiger partial charge in [0.2, 0.25) is 5.91 Å². The van der Waals surface area contributed by atoms with Crippen molar-refractivity contribution in [2.75, 3.05) is 39.7 Å². The molecule has 0 aliphatic carbocycles. The fourth-order valence-electron chi connectivity index (χ4n) is 3.84. The molecule has 0 spiro atoms. The van der Waals surface area contributed by atoms with Crippen molar-refractivity contribution >= 4 is 11.6 Å². The number of anilines is 1. The van der Waals surface area contributed by atoms with Crippen LogP contribution in [0.25, 0.3) is 0 Å². The van der Waals surface area contributed by atoms with E-state index in [2.05, 4.69) is 22.3 Å². The van der Waals surface area contributed by atoms with E-state index in [1.807, 2.05) is 18.2 Å². The van der Waals surface area contributed by atoms with Gasteiger partial charge in [-0.15, -0.1) is 0 Å². The molecule has 3 rings (SSSR count). The van der Waals surface area contributed by atoms with E-state index in [9.17, 15) is 4.79 Å². The standard InChI is InChI=1S/C23H30N2O4/c1-27-18-10-8-17(9-11-18)21-7-5-4-6-14-25(21)16-23(26)24-20-13-12-19(28-2)15-22(20)29-3/h8-13,15,21H,4-7,14,16H2,1-3H3,(H,24,26). The molecule has 0 radical (unpaired) electrons. The molecule has 1 saturated heterocycles. The van der Waals surface area contributed by atoms with Crippen LogP contribution in [0.1, 0.15) is 37.3 Å². The van der Waals surface area contributed by atoms with E-state index < -0.39 is 0 Å². The molecule has 1 fully saturated rings. The normalized spacial score (nSPS) is 17.3. The predicted molar refractivity (Wildman–Crippen MR) is 114 cm³/mol. The maximum Gasteiger partial charge on any atom is 0.238 e. The number of likely N-dealkylation sites (tertiary alicyclic amines) is 1. The van der Waals surface area contributed by atoms with Crippen LogP contribution >= 0.6 is 0 Å². The van der Waals surface area contributed by atoms with E-state index in [-0.39, 0.29) is 11.9 Å². The maximum atomic E-state index is 12.8. The maximum absolute atomic E-state index is 12.8. The molecule has 0 bridgehead atoms. The lowest BCUT2D eigenvalue weighted by atomic mass is 10.0. The van der Waals surface area contributed by atoms with E-state index in [1.165, 1.54) is 18.4 Å². The van der Waals surface area contributed by atoms with E-state index >= 15 is 0 Å². The van der Waals surface area contributed by atoms with Crippen molar-refractivity contribution in [3.63, 3.8) is 0 Å². The molecule has 1 aliphatic heterocycles. The molecular formula is C23H30N2O4. The van der Waals surface area contributed by atoms with Gasteiger partial charge in [0, 0.05) is 12.1 Å². The lowest BCUT2D eigenvalue weighted by Gasteiger charge is -2.30. The first-order valence-corrected chi connectivity index (χ1v) is 10.0. The summed E-state index contributed by atoms with van der Waals surface area (Å²) >= 11 is 0. The summed E-state index contributed by atoms with van der Waals surface area (Å²) in [5, 5.41) is 2.99. The first-order valence-electron chi connectivity index (χ1n) is 10.0. The van der Waals surface area contributed by atoms with Gasteiger partial charge >= 0.3 is 0 Å². The predicted octanol–water partition coefficient (Wildman–Crippen LogP) is 4.27. The molecule has 156 valence electrons. The van der Waals surface area contributed by atoms with Crippen molar-refractivity contribution < 1.29 is 19.0 Å². The number of methoxy groups -OCH3 is 3. The van der Waals surface area contributed by atoms with Crippen LogP contribution in [0.5, 0.6) is 17.2 Å². The average Bonchev–Trinajstić information content (AvgIpc) is 2.99. The van der Waals surface area contributed by atoms with Crippen molar-refractivity contribution in [1.82, 2.24) is 4.90 Å². The van der Waals surface area contributed by atoms with Gasteiger partial charge in [-0.3, -0.25) is 9.69 Å². The molecule has 0 aromatic heterocycles. The Kier molecular flexibility index (Phi) is 7.36. The van der Waals surface area contributed by atoms with E-state index in [0.29, 0.717) is 23.7 Å². The molecule has 1 aliphatic rings. The minimum Gasteiger partial charge on any atom is -0.497 e. The molecule has 1 atom stereocenters. The summed E-state index contributed by atoms with van der Waals surface area (Å²) in [4.78, 5) is 15.1. The lowest BCUT2D eigenvalue weighted by Crippen LogP contribution is -2.36. The molecule has 2 aromatic rings. The Hall–Kier alpha value is -2.73. The second-order valence-corrected chi connectivity index (χ2v) is 7.22. The van der Waals surface area contributed by atoms with Crippen molar-refractivity contribution in [2.45, 2.75) is 31.7 Å². The fourth-order valence-corrected chi connectivity index (χ4v) is 3.84. The lowest BCUT2D eigenvalue weighted by molar-refractivity contribution is -0.117. The average molecular weight is 399 g/mol. The fraction of sp³-hybridized carbons (Fsp3) is 0.435. The monoisotopic (exact) mass is 398 g/mol. The largest absolute Gasteiger partial charge is 0.497 e. The number of ether oxygens (including phenoxy) is 3. The Labute approximate surface area is 172 Å². The minimum absolute atomic E-state index is 0.0473. The second kappa shape index (κ2) is 10.2. The zero-order valence-corrected chi connectivity index (χ0v) is 17.4. The highest BCUT2D eigenvalue weighted by atomic mass is 16.5. The van der Waals surface area contributed by atoms with Gasteiger partial charge < -0.3 is 19.5 Å². The Balaban J connectivity index is 1.72. The summed E-state index contributed by atoms with van der Waals surface area (Å²) in [7, 11) is 4.86. The Morgan fingerprint density at radius 1 is 0.966 bits per heavy atom. The number of nitrogens with zero attached hydrogens (tertiary/aromatic N) is 1. The quantitative estimate of drug-likeness (QED) is 0.755. The Morgan fingerprint density at radius 2 is 1.69 bits per heavy atom. The van der Waals surface area contributed by atoms with Crippen molar-refractivity contribution in [1.29, 1.82) is 0 Å². The van der Waals surface area contributed by atoms with Crippen LogP contribution in [0.2, 0.25) is 0 Å². The molecule has 1 unspecified atom stereocenters. The highest BCUT2D eigenvalue weighted by Crippen LogP contribution is 2.32. The Bertz CT molecular complexity index is 807. The van der Waals surface area contributed by atoms with Gasteiger partial charge in [0.25, 0.3) is 0 Å². The first kappa shape index (κ1) is 21.0. The Morgan fingerprint density at radius 3 is 2.38 bits per heavy atom. The minimum atomic E-state index is -0.0473. The number of benzene rings is 2. The number of carbonyl (C=O) groups excluding carboxylic acids is 1. The highest BCUT2D eigenvalue weighted by molar-refractivity contribution is 5.93. The summed E-state index contributed by atoms with van der Waals surface area (Å²) in [6.07, 6.45) is 4.51. The molecule has 1 amide bonds. The van der Waals surface area contributed by atoms with E-state index in [1.54, 1.807) is 33.5 Å². The number of amides is 1. The van der Waals surface area contributed by atoms with Gasteiger partial charge in [0.1, 0.15) is 17.2 Å². The van der Waals surface area contributed by atoms with E-state index in [4.69, 9.17) is 14.2 Å². The van der Waals surface area contributed by atoms with E-state index in [0.717, 1.165) is 25.1 Å². The van der Waals surface area contributed by atoms with Crippen LogP contribution in [0.15, 0.2) is 42.5 Å². The number of hydrogen-bond donors (Lipinski definition) is 1. The van der Waals surface area contributed by atoms with Crippen LogP contribution in [0.4, 0.5) is 5.69 Å². The van der Waals surface area contributed by atoms with Gasteiger partial charge in [0.15, 0.2) is 0 Å². The van der Waals surface area contributed by atoms with Crippen LogP contribution in [-0.2, 0) is 4.79 Å². The van der Waals surface area contributed by atoms with Crippen LogP contribution in [0, 0.1) is 0 Å². The third kappa shape index (κ3) is 5.41. The molecule has 0 saturated carbocycles. The van der Waals surface area contributed by atoms with Crippen molar-refractivity contribution in [3.8, 4) is 17.2 Å². The van der Waals surface area contributed by atoms with Crippen LogP contribution in [-0.4, -0.2) is 45.2 Å². The van der Waals surface area contributed by atoms with Gasteiger partial charge in [-0.05, 0) is 49.2 Å². The summed E-state index contributed by atoms with van der Waals surface area (Å²) in [5.74, 6) is 2.07. The molecule has 1 heterocycles. The van der Waals surface area contributed by atoms with Crippen LogP contribution in [0.3, 0.4) is 0 Å². The summed E-state index contributed by atoms with van der Waals surface area (Å²) in [6.45, 7) is 1.25. The zero-order chi connectivity index (χ0) is 20.6. The summed E-state index contributed by atoms with van der Waals surface area (Å²) in [6, 6.07) is 13.8. The number of nitrogens with one attached hydrogen (secondary N) is 1. The third-order valence-corrected chi connectivity index (χ3v) is 5.39. The van der Waals surface area contributed by atoms with Gasteiger partial charge in [-0.2, -0.15) is 0 Å². The zero-order valence-electron chi connectivity index (χ0n) is 17.4. The number of carbonyl (C=O) groups is 1. The molecule has 29 heavy (non-hydrogen) atoms. The molecule has 1 N–H and O–H groups in total. The molecule has 6 heteroatoms. The van der Waals surface area contributed by atoms with Gasteiger partial charge in [0.05, 0.1) is 33.6 Å². The van der Waals surface area contributed by atoms with Gasteiger partial charge in [-0.25, -0.2) is 0 Å². The second-order valence-electron chi connectivity index (χ2n) is 7.22. The highest BCUT2D eigenvalue weighted by Gasteiger charge is 2.25. The molecule has 6 nitrogen and oxygen atoms in total. The SMILES string of the molecule is COc1ccc(C2CCCCCN2CC(=O)Nc2ccc(OC)cc2OC)cc1. The molecular weight excluding hydrogens is 368 g/mol. The van der Waals surface area contributed by atoms with Crippen LogP contribution < -0.4 is 19.5 Å². The summed E-state index contributed by atoms with van der Waals surface area (Å²) in [5.41, 5.74) is 1.87. The number of rotatable bonds is 7. The smallest absolute Gasteiger partial charge is 0.238 e. The van der Waals surface area contributed by atoms with Crippen molar-refractivity contribution in [2.24, 2.45) is 0 Å². The number of hydrogen-bond acceptors (Lipinski definition) is 5. The third-order valence-electron chi connectivity index (χ3n) is 5.39.